The molecule has 0 spiro atoms. The summed E-state index contributed by atoms with van der Waals surface area (Å²) in [5.41, 5.74) is 2.18. The van der Waals surface area contributed by atoms with Crippen molar-refractivity contribution in [3.05, 3.63) is 65.0 Å². The standard InChI is InChI=1S/C22H27F3N4O2/c1-3-26-22(29-14-17-12-15(2)4-9-19(17)31-21(24)25)28-11-10-27-20(30)13-16-5-7-18(23)8-6-16/h4-9,12,21H,3,10-11,13-14H2,1-2H3,(H,27,30)(H2,26,28,29). The largest absolute Gasteiger partial charge is 0.434 e. The lowest BCUT2D eigenvalue weighted by Crippen LogP contribution is -2.41. The van der Waals surface area contributed by atoms with Gasteiger partial charge in [0, 0.05) is 25.2 Å². The second kappa shape index (κ2) is 12.5. The first-order valence-corrected chi connectivity index (χ1v) is 9.95. The first-order valence-electron chi connectivity index (χ1n) is 9.95. The van der Waals surface area contributed by atoms with Crippen LogP contribution < -0.4 is 20.7 Å². The SMILES string of the molecule is CCNC(=NCc1cc(C)ccc1OC(F)F)NCCNC(=O)Cc1ccc(F)cc1. The molecule has 3 N–H and O–H groups in total. The van der Waals surface area contributed by atoms with E-state index < -0.39 is 6.61 Å². The zero-order valence-electron chi connectivity index (χ0n) is 17.6. The van der Waals surface area contributed by atoms with E-state index in [0.717, 1.165) is 11.1 Å². The summed E-state index contributed by atoms with van der Waals surface area (Å²) in [4.78, 5) is 16.4. The molecule has 0 bridgehead atoms. The number of ether oxygens (including phenoxy) is 1. The Labute approximate surface area is 179 Å². The molecule has 6 nitrogen and oxygen atoms in total. The zero-order chi connectivity index (χ0) is 22.6. The quantitative estimate of drug-likeness (QED) is 0.304. The van der Waals surface area contributed by atoms with Gasteiger partial charge >= 0.3 is 6.61 Å². The second-order valence-corrected chi connectivity index (χ2v) is 6.76. The zero-order valence-corrected chi connectivity index (χ0v) is 17.6. The molecule has 0 aliphatic heterocycles. The number of benzene rings is 2. The van der Waals surface area contributed by atoms with E-state index in [0.29, 0.717) is 31.2 Å². The number of aliphatic imine (C=N–C) groups is 1. The highest BCUT2D eigenvalue weighted by Crippen LogP contribution is 2.22. The molecule has 0 aromatic heterocycles. The number of hydrogen-bond donors (Lipinski definition) is 3. The van der Waals surface area contributed by atoms with Gasteiger partial charge in [-0.1, -0.05) is 29.8 Å². The third-order valence-corrected chi connectivity index (χ3v) is 4.20. The predicted molar refractivity (Wildman–Crippen MR) is 114 cm³/mol. The van der Waals surface area contributed by atoms with Crippen molar-refractivity contribution in [3.8, 4) is 5.75 Å². The summed E-state index contributed by atoms with van der Waals surface area (Å²) < 4.78 is 42.7. The van der Waals surface area contributed by atoms with Gasteiger partial charge in [-0.3, -0.25) is 4.79 Å². The molecule has 0 unspecified atom stereocenters. The maximum atomic E-state index is 12.9. The lowest BCUT2D eigenvalue weighted by Gasteiger charge is -2.13. The molecule has 31 heavy (non-hydrogen) atoms. The molecule has 0 aliphatic rings. The number of halogens is 3. The molecule has 0 radical (unpaired) electrons. The summed E-state index contributed by atoms with van der Waals surface area (Å²) in [6.45, 7) is 2.38. The number of carbonyl (C=O) groups is 1. The predicted octanol–water partition coefficient (Wildman–Crippen LogP) is 3.15. The van der Waals surface area contributed by atoms with E-state index in [1.165, 1.54) is 18.2 Å². The maximum absolute atomic E-state index is 12.9. The van der Waals surface area contributed by atoms with Gasteiger partial charge in [-0.2, -0.15) is 8.78 Å². The minimum absolute atomic E-state index is 0.0910. The number of alkyl halides is 2. The molecular formula is C22H27F3N4O2. The van der Waals surface area contributed by atoms with E-state index in [4.69, 9.17) is 0 Å². The Morgan fingerprint density at radius 3 is 2.45 bits per heavy atom. The molecule has 2 aromatic rings. The Kier molecular flexibility index (Phi) is 9.67. The first-order chi connectivity index (χ1) is 14.9. The summed E-state index contributed by atoms with van der Waals surface area (Å²) in [6, 6.07) is 10.7. The van der Waals surface area contributed by atoms with Crippen molar-refractivity contribution < 1.29 is 22.7 Å². The van der Waals surface area contributed by atoms with Crippen LogP contribution in [0.5, 0.6) is 5.75 Å². The van der Waals surface area contributed by atoms with E-state index in [-0.39, 0.29) is 30.4 Å². The number of guanidine groups is 1. The Bertz CT molecular complexity index is 874. The lowest BCUT2D eigenvalue weighted by atomic mass is 10.1. The molecule has 9 heteroatoms. The summed E-state index contributed by atoms with van der Waals surface area (Å²) in [5, 5.41) is 8.91. The van der Waals surface area contributed by atoms with Crippen LogP contribution in [0.2, 0.25) is 0 Å². The fourth-order valence-electron chi connectivity index (χ4n) is 2.78. The molecule has 0 aliphatic carbocycles. The topological polar surface area (TPSA) is 74.8 Å². The van der Waals surface area contributed by atoms with Crippen LogP contribution in [0, 0.1) is 12.7 Å². The summed E-state index contributed by atoms with van der Waals surface area (Å²) >= 11 is 0. The molecule has 2 rings (SSSR count). The molecular weight excluding hydrogens is 409 g/mol. The molecule has 1 amide bonds. The first kappa shape index (κ1) is 24.0. The van der Waals surface area contributed by atoms with Gasteiger partial charge in [0.05, 0.1) is 13.0 Å². The molecule has 0 atom stereocenters. The fraction of sp³-hybridized carbons (Fsp3) is 0.364. The molecule has 0 saturated heterocycles. The van der Waals surface area contributed by atoms with Crippen molar-refractivity contribution in [1.29, 1.82) is 0 Å². The van der Waals surface area contributed by atoms with Crippen LogP contribution in [0.25, 0.3) is 0 Å². The van der Waals surface area contributed by atoms with Crippen LogP contribution in [-0.4, -0.2) is 38.1 Å². The molecule has 2 aromatic carbocycles. The van der Waals surface area contributed by atoms with Gasteiger partial charge < -0.3 is 20.7 Å². The average molecular weight is 436 g/mol. The number of amides is 1. The summed E-state index contributed by atoms with van der Waals surface area (Å²) in [5.74, 6) is 0.0547. The third kappa shape index (κ3) is 8.98. The van der Waals surface area contributed by atoms with Crippen LogP contribution >= 0.6 is 0 Å². The number of carbonyl (C=O) groups excluding carboxylic acids is 1. The van der Waals surface area contributed by atoms with Crippen LogP contribution in [0.3, 0.4) is 0 Å². The Hall–Kier alpha value is -3.23. The third-order valence-electron chi connectivity index (χ3n) is 4.20. The van der Waals surface area contributed by atoms with Crippen LogP contribution in [0.15, 0.2) is 47.5 Å². The monoisotopic (exact) mass is 436 g/mol. The van der Waals surface area contributed by atoms with Crippen molar-refractivity contribution in [2.75, 3.05) is 19.6 Å². The van der Waals surface area contributed by atoms with Crippen LogP contribution in [0.1, 0.15) is 23.6 Å². The number of hydrogen-bond acceptors (Lipinski definition) is 3. The highest BCUT2D eigenvalue weighted by Gasteiger charge is 2.10. The number of nitrogens with one attached hydrogen (secondary N) is 3. The van der Waals surface area contributed by atoms with Crippen molar-refractivity contribution >= 4 is 11.9 Å². The van der Waals surface area contributed by atoms with Crippen molar-refractivity contribution in [1.82, 2.24) is 16.0 Å². The molecule has 168 valence electrons. The minimum atomic E-state index is -2.91. The van der Waals surface area contributed by atoms with Crippen molar-refractivity contribution in [2.45, 2.75) is 33.4 Å². The Morgan fingerprint density at radius 2 is 1.77 bits per heavy atom. The molecule has 0 saturated carbocycles. The van der Waals surface area contributed by atoms with Gasteiger partial charge in [-0.15, -0.1) is 0 Å². The maximum Gasteiger partial charge on any atom is 0.387 e. The number of nitrogens with zero attached hydrogens (tertiary/aromatic N) is 1. The van der Waals surface area contributed by atoms with E-state index in [1.54, 1.807) is 24.3 Å². The molecule has 0 heterocycles. The molecule has 0 fully saturated rings. The number of rotatable bonds is 10. The Balaban J connectivity index is 1.85. The average Bonchev–Trinajstić information content (AvgIpc) is 2.72. The van der Waals surface area contributed by atoms with E-state index in [9.17, 15) is 18.0 Å². The van der Waals surface area contributed by atoms with Gasteiger partial charge in [0.2, 0.25) is 5.91 Å². The van der Waals surface area contributed by atoms with Gasteiger partial charge in [-0.05, 0) is 37.6 Å². The van der Waals surface area contributed by atoms with Gasteiger partial charge in [0.15, 0.2) is 5.96 Å². The van der Waals surface area contributed by atoms with Gasteiger partial charge in [0.1, 0.15) is 11.6 Å². The lowest BCUT2D eigenvalue weighted by molar-refractivity contribution is -0.120. The van der Waals surface area contributed by atoms with Gasteiger partial charge in [0.25, 0.3) is 0 Å². The highest BCUT2D eigenvalue weighted by atomic mass is 19.3. The smallest absolute Gasteiger partial charge is 0.387 e. The minimum Gasteiger partial charge on any atom is -0.434 e. The second-order valence-electron chi connectivity index (χ2n) is 6.76. The van der Waals surface area contributed by atoms with E-state index >= 15 is 0 Å². The highest BCUT2D eigenvalue weighted by molar-refractivity contribution is 5.80. The fourth-order valence-corrected chi connectivity index (χ4v) is 2.78. The summed E-state index contributed by atoms with van der Waals surface area (Å²) in [6.07, 6.45) is 0.161. The van der Waals surface area contributed by atoms with Gasteiger partial charge in [-0.25, -0.2) is 9.38 Å². The van der Waals surface area contributed by atoms with Crippen molar-refractivity contribution in [2.24, 2.45) is 4.99 Å². The number of aryl methyl sites for hydroxylation is 1. The van der Waals surface area contributed by atoms with Crippen molar-refractivity contribution in [3.63, 3.8) is 0 Å². The van der Waals surface area contributed by atoms with Crippen LogP contribution in [-0.2, 0) is 17.8 Å². The summed E-state index contributed by atoms with van der Waals surface area (Å²) in [7, 11) is 0. The van der Waals surface area contributed by atoms with E-state index in [2.05, 4.69) is 25.7 Å². The Morgan fingerprint density at radius 1 is 1.06 bits per heavy atom. The normalized spacial score (nSPS) is 11.4. The van der Waals surface area contributed by atoms with E-state index in [1.807, 2.05) is 13.8 Å². The van der Waals surface area contributed by atoms with Crippen LogP contribution in [0.4, 0.5) is 13.2 Å².